The summed E-state index contributed by atoms with van der Waals surface area (Å²) in [5.41, 5.74) is 1.62. The van der Waals surface area contributed by atoms with Gasteiger partial charge in [-0.1, -0.05) is 5.16 Å². The van der Waals surface area contributed by atoms with Crippen LogP contribution in [0.1, 0.15) is 12.8 Å². The van der Waals surface area contributed by atoms with E-state index in [1.807, 2.05) is 24.3 Å². The lowest BCUT2D eigenvalue weighted by molar-refractivity contribution is 0.154. The summed E-state index contributed by atoms with van der Waals surface area (Å²) in [6.45, 7) is 1.42. The van der Waals surface area contributed by atoms with Gasteiger partial charge in [0.25, 0.3) is 5.89 Å². The van der Waals surface area contributed by atoms with E-state index in [-0.39, 0.29) is 6.10 Å². The van der Waals surface area contributed by atoms with Gasteiger partial charge in [-0.25, -0.2) is 4.98 Å². The molecule has 0 aromatic carbocycles. The molecule has 4 rings (SSSR count). The Labute approximate surface area is 139 Å². The van der Waals surface area contributed by atoms with Crippen LogP contribution in [0.25, 0.3) is 22.8 Å². The lowest BCUT2D eigenvalue weighted by Crippen LogP contribution is -2.39. The van der Waals surface area contributed by atoms with E-state index in [1.54, 1.807) is 18.6 Å². The molecule has 7 heteroatoms. The first-order chi connectivity index (χ1) is 11.8. The standard InChI is InChI=1S/C17H17N5O2/c23-13-3-2-10-22(11-13)16-14(4-1-7-19-16)17-20-15(21-24-17)12-5-8-18-9-6-12/h1,4-9,13,23H,2-3,10-11H2. The second-order valence-electron chi connectivity index (χ2n) is 5.78. The van der Waals surface area contributed by atoms with Gasteiger partial charge in [0.05, 0.1) is 11.7 Å². The molecule has 7 nitrogen and oxygen atoms in total. The Hall–Kier alpha value is -2.80. The molecule has 1 N–H and O–H groups in total. The number of β-amino-alcohol motifs (C(OH)–C–C–N with tert-alkyl or cyclic N) is 1. The summed E-state index contributed by atoms with van der Waals surface area (Å²) in [6.07, 6.45) is 6.55. The second-order valence-corrected chi connectivity index (χ2v) is 5.78. The van der Waals surface area contributed by atoms with Crippen LogP contribution in [0.3, 0.4) is 0 Å². The normalized spacial score (nSPS) is 17.9. The van der Waals surface area contributed by atoms with Gasteiger partial charge in [-0.05, 0) is 37.1 Å². The third kappa shape index (κ3) is 2.85. The molecule has 0 saturated carbocycles. The van der Waals surface area contributed by atoms with E-state index in [1.165, 1.54) is 0 Å². The molecular weight excluding hydrogens is 306 g/mol. The molecule has 0 aliphatic carbocycles. The minimum Gasteiger partial charge on any atom is -0.391 e. The molecule has 24 heavy (non-hydrogen) atoms. The van der Waals surface area contributed by atoms with E-state index < -0.39 is 0 Å². The number of aromatic nitrogens is 4. The van der Waals surface area contributed by atoms with Crippen LogP contribution >= 0.6 is 0 Å². The fourth-order valence-corrected chi connectivity index (χ4v) is 2.91. The molecule has 122 valence electrons. The number of hydrogen-bond donors (Lipinski definition) is 1. The molecule has 1 saturated heterocycles. The molecule has 1 fully saturated rings. The summed E-state index contributed by atoms with van der Waals surface area (Å²) >= 11 is 0. The van der Waals surface area contributed by atoms with Gasteiger partial charge in [0, 0.05) is 37.2 Å². The van der Waals surface area contributed by atoms with E-state index in [2.05, 4.69) is 25.0 Å². The van der Waals surface area contributed by atoms with Gasteiger partial charge < -0.3 is 14.5 Å². The molecule has 3 aromatic heterocycles. The molecule has 1 aliphatic rings. The average molecular weight is 323 g/mol. The molecular formula is C17H17N5O2. The number of piperidine rings is 1. The van der Waals surface area contributed by atoms with Gasteiger partial charge in [0.15, 0.2) is 0 Å². The van der Waals surface area contributed by atoms with Crippen LogP contribution in [0.15, 0.2) is 47.4 Å². The summed E-state index contributed by atoms with van der Waals surface area (Å²) in [7, 11) is 0. The number of aliphatic hydroxyl groups excluding tert-OH is 1. The lowest BCUT2D eigenvalue weighted by atomic mass is 10.1. The Balaban J connectivity index is 1.69. The van der Waals surface area contributed by atoms with Crippen molar-refractivity contribution in [1.29, 1.82) is 0 Å². The minimum absolute atomic E-state index is 0.330. The lowest BCUT2D eigenvalue weighted by Gasteiger charge is -2.31. The molecule has 1 unspecified atom stereocenters. The number of hydrogen-bond acceptors (Lipinski definition) is 7. The van der Waals surface area contributed by atoms with Crippen molar-refractivity contribution in [2.45, 2.75) is 18.9 Å². The van der Waals surface area contributed by atoms with Crippen LogP contribution in [0, 0.1) is 0 Å². The third-order valence-corrected chi connectivity index (χ3v) is 4.08. The van der Waals surface area contributed by atoms with Crippen LogP contribution in [0.4, 0.5) is 5.82 Å². The highest BCUT2D eigenvalue weighted by Crippen LogP contribution is 2.30. The summed E-state index contributed by atoms with van der Waals surface area (Å²) in [6, 6.07) is 7.42. The van der Waals surface area contributed by atoms with Crippen molar-refractivity contribution >= 4 is 5.82 Å². The van der Waals surface area contributed by atoms with Crippen LogP contribution < -0.4 is 4.90 Å². The van der Waals surface area contributed by atoms with Crippen LogP contribution in [0.2, 0.25) is 0 Å². The van der Waals surface area contributed by atoms with Crippen molar-refractivity contribution in [3.05, 3.63) is 42.9 Å². The molecule has 1 atom stereocenters. The molecule has 0 radical (unpaired) electrons. The van der Waals surface area contributed by atoms with E-state index in [0.29, 0.717) is 18.3 Å². The van der Waals surface area contributed by atoms with E-state index in [4.69, 9.17) is 4.52 Å². The van der Waals surface area contributed by atoms with Gasteiger partial charge in [0.1, 0.15) is 5.82 Å². The predicted molar refractivity (Wildman–Crippen MR) is 88.2 cm³/mol. The van der Waals surface area contributed by atoms with E-state index in [9.17, 15) is 5.11 Å². The maximum Gasteiger partial charge on any atom is 0.261 e. The Bertz CT molecular complexity index is 821. The first-order valence-electron chi connectivity index (χ1n) is 7.94. The van der Waals surface area contributed by atoms with Crippen molar-refractivity contribution in [1.82, 2.24) is 20.1 Å². The molecule has 0 spiro atoms. The highest BCUT2D eigenvalue weighted by atomic mass is 16.5. The topological polar surface area (TPSA) is 88.2 Å². The maximum atomic E-state index is 9.93. The van der Waals surface area contributed by atoms with Crippen molar-refractivity contribution in [3.8, 4) is 22.8 Å². The van der Waals surface area contributed by atoms with Crippen LogP contribution in [-0.4, -0.2) is 44.4 Å². The quantitative estimate of drug-likeness (QED) is 0.790. The SMILES string of the molecule is OC1CCCN(c2ncccc2-c2nc(-c3ccncc3)no2)C1. The van der Waals surface area contributed by atoms with Crippen molar-refractivity contribution in [3.63, 3.8) is 0 Å². The van der Waals surface area contributed by atoms with E-state index >= 15 is 0 Å². The highest BCUT2D eigenvalue weighted by molar-refractivity contribution is 5.71. The number of nitrogens with zero attached hydrogens (tertiary/aromatic N) is 5. The van der Waals surface area contributed by atoms with Crippen LogP contribution in [0.5, 0.6) is 0 Å². The predicted octanol–water partition coefficient (Wildman–Crippen LogP) is 2.15. The zero-order chi connectivity index (χ0) is 16.4. The maximum absolute atomic E-state index is 9.93. The van der Waals surface area contributed by atoms with Crippen molar-refractivity contribution in [2.24, 2.45) is 0 Å². The Morgan fingerprint density at radius 1 is 1.17 bits per heavy atom. The van der Waals surface area contributed by atoms with E-state index in [0.717, 1.165) is 36.3 Å². The molecule has 0 amide bonds. The Kier molecular flexibility index (Phi) is 3.92. The number of anilines is 1. The van der Waals surface area contributed by atoms with Gasteiger partial charge in [-0.15, -0.1) is 0 Å². The van der Waals surface area contributed by atoms with Crippen LogP contribution in [-0.2, 0) is 0 Å². The fraction of sp³-hybridized carbons (Fsp3) is 0.294. The molecule has 4 heterocycles. The summed E-state index contributed by atoms with van der Waals surface area (Å²) in [5, 5.41) is 14.0. The number of aliphatic hydroxyl groups is 1. The average Bonchev–Trinajstić information content (AvgIpc) is 3.12. The smallest absolute Gasteiger partial charge is 0.261 e. The molecule has 3 aromatic rings. The van der Waals surface area contributed by atoms with Gasteiger partial charge in [-0.3, -0.25) is 4.98 Å². The second kappa shape index (κ2) is 6.37. The van der Waals surface area contributed by atoms with Crippen molar-refractivity contribution < 1.29 is 9.63 Å². The summed E-state index contributed by atoms with van der Waals surface area (Å²) in [4.78, 5) is 15.0. The number of pyridine rings is 2. The van der Waals surface area contributed by atoms with Crippen molar-refractivity contribution in [2.75, 3.05) is 18.0 Å². The number of rotatable bonds is 3. The summed E-state index contributed by atoms with van der Waals surface area (Å²) in [5.74, 6) is 1.70. The summed E-state index contributed by atoms with van der Waals surface area (Å²) < 4.78 is 5.45. The Morgan fingerprint density at radius 3 is 2.88 bits per heavy atom. The van der Waals surface area contributed by atoms with Gasteiger partial charge in [-0.2, -0.15) is 4.98 Å². The monoisotopic (exact) mass is 323 g/mol. The largest absolute Gasteiger partial charge is 0.391 e. The fourth-order valence-electron chi connectivity index (χ4n) is 2.91. The minimum atomic E-state index is -0.330. The first-order valence-corrected chi connectivity index (χ1v) is 7.94. The first kappa shape index (κ1) is 14.8. The molecule has 0 bridgehead atoms. The highest BCUT2D eigenvalue weighted by Gasteiger charge is 2.23. The zero-order valence-electron chi connectivity index (χ0n) is 13.0. The Morgan fingerprint density at radius 2 is 2.04 bits per heavy atom. The zero-order valence-corrected chi connectivity index (χ0v) is 13.0. The third-order valence-electron chi connectivity index (χ3n) is 4.08. The van der Waals surface area contributed by atoms with Gasteiger partial charge >= 0.3 is 0 Å². The van der Waals surface area contributed by atoms with Gasteiger partial charge in [0.2, 0.25) is 5.82 Å². The molecule has 1 aliphatic heterocycles.